The van der Waals surface area contributed by atoms with Crippen LogP contribution in [0.5, 0.6) is 0 Å². The molecule has 12 heavy (non-hydrogen) atoms. The number of nitrogens with one attached hydrogen (secondary N) is 1. The van der Waals surface area contributed by atoms with Gasteiger partial charge in [-0.1, -0.05) is 20.8 Å². The van der Waals surface area contributed by atoms with Crippen molar-refractivity contribution < 1.29 is 0 Å². The van der Waals surface area contributed by atoms with Gasteiger partial charge in [-0.05, 0) is 37.3 Å². The van der Waals surface area contributed by atoms with E-state index in [1.165, 1.54) is 6.42 Å². The van der Waals surface area contributed by atoms with E-state index in [9.17, 15) is 0 Å². The quantitative estimate of drug-likeness (QED) is 0.654. The van der Waals surface area contributed by atoms with E-state index in [-0.39, 0.29) is 0 Å². The van der Waals surface area contributed by atoms with Crippen LogP contribution in [0.25, 0.3) is 0 Å². The highest BCUT2D eigenvalue weighted by Gasteiger charge is 2.43. The Morgan fingerprint density at radius 3 is 2.42 bits per heavy atom. The third-order valence-electron chi connectivity index (χ3n) is 3.40. The van der Waals surface area contributed by atoms with Gasteiger partial charge >= 0.3 is 0 Å². The van der Waals surface area contributed by atoms with E-state index >= 15 is 0 Å². The highest BCUT2D eigenvalue weighted by atomic mass is 14.9. The second kappa shape index (κ2) is 3.35. The highest BCUT2D eigenvalue weighted by Crippen LogP contribution is 2.44. The van der Waals surface area contributed by atoms with E-state index in [0.717, 1.165) is 6.54 Å². The van der Waals surface area contributed by atoms with Crippen molar-refractivity contribution in [1.82, 2.24) is 5.32 Å². The zero-order valence-corrected chi connectivity index (χ0v) is 8.72. The number of hydrogen-bond donors (Lipinski definition) is 2. The van der Waals surface area contributed by atoms with Gasteiger partial charge in [0.25, 0.3) is 0 Å². The molecule has 0 aromatic heterocycles. The van der Waals surface area contributed by atoms with Crippen LogP contribution in [-0.4, -0.2) is 19.6 Å². The molecule has 0 aromatic carbocycles. The maximum atomic E-state index is 6.14. The van der Waals surface area contributed by atoms with Crippen molar-refractivity contribution in [2.75, 3.05) is 13.6 Å². The molecule has 0 aliphatic heterocycles. The Morgan fingerprint density at radius 2 is 2.08 bits per heavy atom. The van der Waals surface area contributed by atoms with Gasteiger partial charge in [0.15, 0.2) is 0 Å². The fourth-order valence-electron chi connectivity index (χ4n) is 2.67. The summed E-state index contributed by atoms with van der Waals surface area (Å²) in [5, 5.41) is 3.24. The number of rotatable bonds is 2. The average molecular weight is 170 g/mol. The standard InChI is InChI=1S/C10H22N2/c1-7-5-10(2,3)8(6-12-4)9(7)11/h7-9,12H,5-6,11H2,1-4H3. The lowest BCUT2D eigenvalue weighted by Crippen LogP contribution is -2.39. The summed E-state index contributed by atoms with van der Waals surface area (Å²) in [5.41, 5.74) is 6.56. The molecule has 3 unspecified atom stereocenters. The minimum Gasteiger partial charge on any atom is -0.327 e. The van der Waals surface area contributed by atoms with Gasteiger partial charge in [-0.15, -0.1) is 0 Å². The van der Waals surface area contributed by atoms with Crippen LogP contribution < -0.4 is 11.1 Å². The molecule has 2 heteroatoms. The van der Waals surface area contributed by atoms with E-state index in [0.29, 0.717) is 23.3 Å². The molecule has 3 atom stereocenters. The first-order valence-electron chi connectivity index (χ1n) is 4.89. The lowest BCUT2D eigenvalue weighted by Gasteiger charge is -2.28. The van der Waals surface area contributed by atoms with Gasteiger partial charge in [0, 0.05) is 6.04 Å². The van der Waals surface area contributed by atoms with Crippen molar-refractivity contribution in [2.45, 2.75) is 33.2 Å². The summed E-state index contributed by atoms with van der Waals surface area (Å²) in [6.45, 7) is 7.98. The van der Waals surface area contributed by atoms with E-state index < -0.39 is 0 Å². The Balaban J connectivity index is 2.67. The highest BCUT2D eigenvalue weighted by molar-refractivity contribution is 4.97. The molecular weight excluding hydrogens is 148 g/mol. The summed E-state index contributed by atoms with van der Waals surface area (Å²) in [4.78, 5) is 0. The lowest BCUT2D eigenvalue weighted by molar-refractivity contribution is 0.242. The van der Waals surface area contributed by atoms with Crippen molar-refractivity contribution >= 4 is 0 Å². The van der Waals surface area contributed by atoms with Crippen LogP contribution in [-0.2, 0) is 0 Å². The molecule has 1 rings (SSSR count). The summed E-state index contributed by atoms with van der Waals surface area (Å²) in [6.07, 6.45) is 1.26. The minimum absolute atomic E-state index is 0.382. The lowest BCUT2D eigenvalue weighted by atomic mass is 9.81. The Kier molecular flexibility index (Phi) is 2.79. The Hall–Kier alpha value is -0.0800. The number of hydrogen-bond acceptors (Lipinski definition) is 2. The van der Waals surface area contributed by atoms with Gasteiger partial charge in [0.1, 0.15) is 0 Å². The molecule has 0 amide bonds. The monoisotopic (exact) mass is 170 g/mol. The SMILES string of the molecule is CNCC1C(N)C(C)CC1(C)C. The van der Waals surface area contributed by atoms with E-state index in [1.54, 1.807) is 0 Å². The zero-order chi connectivity index (χ0) is 9.35. The average Bonchev–Trinajstić information content (AvgIpc) is 2.13. The van der Waals surface area contributed by atoms with Gasteiger partial charge in [0.05, 0.1) is 0 Å². The molecule has 0 bridgehead atoms. The van der Waals surface area contributed by atoms with Gasteiger partial charge < -0.3 is 11.1 Å². The van der Waals surface area contributed by atoms with Crippen LogP contribution >= 0.6 is 0 Å². The summed E-state index contributed by atoms with van der Waals surface area (Å²) >= 11 is 0. The van der Waals surface area contributed by atoms with Crippen molar-refractivity contribution in [3.8, 4) is 0 Å². The predicted octanol–water partition coefficient (Wildman–Crippen LogP) is 1.22. The van der Waals surface area contributed by atoms with Gasteiger partial charge in [-0.3, -0.25) is 0 Å². The van der Waals surface area contributed by atoms with E-state index in [2.05, 4.69) is 26.1 Å². The van der Waals surface area contributed by atoms with Crippen molar-refractivity contribution in [1.29, 1.82) is 0 Å². The maximum Gasteiger partial charge on any atom is 0.0110 e. The molecule has 2 nitrogen and oxygen atoms in total. The summed E-state index contributed by atoms with van der Waals surface area (Å²) in [6, 6.07) is 0.382. The largest absolute Gasteiger partial charge is 0.327 e. The minimum atomic E-state index is 0.382. The van der Waals surface area contributed by atoms with Crippen LogP contribution in [0.4, 0.5) is 0 Å². The molecule has 1 aliphatic rings. The molecule has 0 radical (unpaired) electrons. The first kappa shape index (κ1) is 10.0. The molecule has 0 spiro atoms. The fourth-order valence-corrected chi connectivity index (χ4v) is 2.67. The predicted molar refractivity (Wildman–Crippen MR) is 53.0 cm³/mol. The third-order valence-corrected chi connectivity index (χ3v) is 3.40. The van der Waals surface area contributed by atoms with Crippen LogP contribution in [0, 0.1) is 17.3 Å². The van der Waals surface area contributed by atoms with Crippen LogP contribution in [0.2, 0.25) is 0 Å². The molecule has 0 aromatic rings. The Bertz CT molecular complexity index is 154. The van der Waals surface area contributed by atoms with Crippen molar-refractivity contribution in [2.24, 2.45) is 23.0 Å². The molecule has 1 fully saturated rings. The third kappa shape index (κ3) is 1.64. The molecule has 3 N–H and O–H groups in total. The fraction of sp³-hybridized carbons (Fsp3) is 1.00. The normalized spacial score (nSPS) is 40.2. The Labute approximate surface area is 75.9 Å². The molecular formula is C10H22N2. The van der Waals surface area contributed by atoms with Gasteiger partial charge in [-0.2, -0.15) is 0 Å². The van der Waals surface area contributed by atoms with Crippen LogP contribution in [0.1, 0.15) is 27.2 Å². The van der Waals surface area contributed by atoms with Crippen LogP contribution in [0.15, 0.2) is 0 Å². The topological polar surface area (TPSA) is 38.0 Å². The molecule has 1 aliphatic carbocycles. The second-order valence-corrected chi connectivity index (χ2v) is 4.91. The Morgan fingerprint density at radius 1 is 1.50 bits per heavy atom. The first-order valence-corrected chi connectivity index (χ1v) is 4.89. The number of nitrogens with two attached hydrogens (primary N) is 1. The second-order valence-electron chi connectivity index (χ2n) is 4.91. The summed E-state index contributed by atoms with van der Waals surface area (Å²) in [7, 11) is 2.01. The van der Waals surface area contributed by atoms with Crippen molar-refractivity contribution in [3.63, 3.8) is 0 Å². The molecule has 72 valence electrons. The summed E-state index contributed by atoms with van der Waals surface area (Å²) < 4.78 is 0. The van der Waals surface area contributed by atoms with Crippen molar-refractivity contribution in [3.05, 3.63) is 0 Å². The molecule has 0 heterocycles. The van der Waals surface area contributed by atoms with Crippen LogP contribution in [0.3, 0.4) is 0 Å². The zero-order valence-electron chi connectivity index (χ0n) is 8.72. The van der Waals surface area contributed by atoms with Gasteiger partial charge in [0.2, 0.25) is 0 Å². The first-order chi connectivity index (χ1) is 5.49. The smallest absolute Gasteiger partial charge is 0.0110 e. The molecule has 1 saturated carbocycles. The molecule has 0 saturated heterocycles. The van der Waals surface area contributed by atoms with E-state index in [4.69, 9.17) is 5.73 Å². The summed E-state index contributed by atoms with van der Waals surface area (Å²) in [5.74, 6) is 1.32. The maximum absolute atomic E-state index is 6.14. The van der Waals surface area contributed by atoms with Gasteiger partial charge in [-0.25, -0.2) is 0 Å². The van der Waals surface area contributed by atoms with E-state index in [1.807, 2.05) is 7.05 Å².